The molecule has 1 aromatic heterocycles. The van der Waals surface area contributed by atoms with Crippen molar-refractivity contribution in [1.29, 1.82) is 0 Å². The summed E-state index contributed by atoms with van der Waals surface area (Å²) >= 11 is 1.29. The molecule has 2 aromatic carbocycles. The van der Waals surface area contributed by atoms with Gasteiger partial charge in [-0.15, -0.1) is 10.2 Å². The van der Waals surface area contributed by atoms with E-state index >= 15 is 0 Å². The number of hydrogen-bond donors (Lipinski definition) is 1. The molecule has 1 amide bonds. The van der Waals surface area contributed by atoms with E-state index in [9.17, 15) is 13.6 Å². The maximum Gasteiger partial charge on any atom is 0.387 e. The van der Waals surface area contributed by atoms with Crippen molar-refractivity contribution < 1.29 is 18.3 Å². The number of carbonyl (C=O) groups is 1. The van der Waals surface area contributed by atoms with Crippen LogP contribution in [0.2, 0.25) is 0 Å². The zero-order chi connectivity index (χ0) is 24.0. The summed E-state index contributed by atoms with van der Waals surface area (Å²) in [5.41, 5.74) is 2.58. The number of carbonyl (C=O) groups excluding carboxylic acids is 1. The lowest BCUT2D eigenvalue weighted by Crippen LogP contribution is -2.22. The third-order valence-corrected chi connectivity index (χ3v) is 6.22. The zero-order valence-electron chi connectivity index (χ0n) is 19.0. The standard InChI is InChI=1S/C23H27F2N5O2S/c1-5-30(6-2)18-11-7-16(8-12-18)20-27-28-23(29(20)4)33-15(3)21(31)26-17-9-13-19(14-10-17)32-22(24)25/h7-15,22H,5-6H2,1-4H3,(H,26,31). The van der Waals surface area contributed by atoms with E-state index in [1.54, 1.807) is 6.92 Å². The van der Waals surface area contributed by atoms with Crippen LogP contribution >= 0.6 is 11.8 Å². The van der Waals surface area contributed by atoms with Gasteiger partial charge in [-0.2, -0.15) is 8.78 Å². The van der Waals surface area contributed by atoms with Gasteiger partial charge in [-0.1, -0.05) is 11.8 Å². The first-order valence-electron chi connectivity index (χ1n) is 10.6. The van der Waals surface area contributed by atoms with Gasteiger partial charge in [-0.25, -0.2) is 0 Å². The highest BCUT2D eigenvalue weighted by molar-refractivity contribution is 8.00. The first-order chi connectivity index (χ1) is 15.8. The Morgan fingerprint density at radius 3 is 2.30 bits per heavy atom. The molecule has 0 saturated carbocycles. The minimum atomic E-state index is -2.89. The molecule has 1 atom stereocenters. The fourth-order valence-corrected chi connectivity index (χ4v) is 4.07. The van der Waals surface area contributed by atoms with Crippen LogP contribution in [0.3, 0.4) is 0 Å². The molecule has 0 radical (unpaired) electrons. The predicted octanol–water partition coefficient (Wildman–Crippen LogP) is 5.05. The number of thioether (sulfide) groups is 1. The zero-order valence-corrected chi connectivity index (χ0v) is 19.8. The summed E-state index contributed by atoms with van der Waals surface area (Å²) in [7, 11) is 1.86. The fourth-order valence-electron chi connectivity index (χ4n) is 3.25. The highest BCUT2D eigenvalue weighted by Crippen LogP contribution is 2.28. The van der Waals surface area contributed by atoms with Crippen LogP contribution in [-0.4, -0.2) is 45.6 Å². The number of hydrogen-bond acceptors (Lipinski definition) is 6. The Morgan fingerprint density at radius 1 is 1.09 bits per heavy atom. The molecule has 3 aromatic rings. The second-order valence-electron chi connectivity index (χ2n) is 7.24. The summed E-state index contributed by atoms with van der Waals surface area (Å²) < 4.78 is 30.7. The Bertz CT molecular complexity index is 1050. The van der Waals surface area contributed by atoms with Crippen molar-refractivity contribution in [2.45, 2.75) is 37.8 Å². The molecule has 33 heavy (non-hydrogen) atoms. The van der Waals surface area contributed by atoms with Crippen LogP contribution in [-0.2, 0) is 11.8 Å². The summed E-state index contributed by atoms with van der Waals surface area (Å²) in [4.78, 5) is 14.8. The Kier molecular flexibility index (Phi) is 8.26. The highest BCUT2D eigenvalue weighted by atomic mass is 32.2. The van der Waals surface area contributed by atoms with E-state index in [0.29, 0.717) is 16.7 Å². The molecule has 0 saturated heterocycles. The highest BCUT2D eigenvalue weighted by Gasteiger charge is 2.20. The number of anilines is 2. The number of ether oxygens (including phenoxy) is 1. The van der Waals surface area contributed by atoms with Crippen LogP contribution in [0.5, 0.6) is 5.75 Å². The summed E-state index contributed by atoms with van der Waals surface area (Å²) in [6.07, 6.45) is 0. The molecule has 3 rings (SSSR count). The van der Waals surface area contributed by atoms with Gasteiger partial charge in [0.2, 0.25) is 5.91 Å². The summed E-state index contributed by atoms with van der Waals surface area (Å²) in [5.74, 6) is 0.503. The SMILES string of the molecule is CCN(CC)c1ccc(-c2nnc(SC(C)C(=O)Nc3ccc(OC(F)F)cc3)n2C)cc1. The largest absolute Gasteiger partial charge is 0.435 e. The van der Waals surface area contributed by atoms with Gasteiger partial charge in [0.25, 0.3) is 0 Å². The molecule has 0 bridgehead atoms. The summed E-state index contributed by atoms with van der Waals surface area (Å²) in [5, 5.41) is 11.5. The normalized spacial score (nSPS) is 12.0. The molecular weight excluding hydrogens is 448 g/mol. The predicted molar refractivity (Wildman–Crippen MR) is 127 cm³/mol. The smallest absolute Gasteiger partial charge is 0.387 e. The van der Waals surface area contributed by atoms with Gasteiger partial charge in [0.15, 0.2) is 11.0 Å². The Morgan fingerprint density at radius 2 is 1.73 bits per heavy atom. The Balaban J connectivity index is 1.63. The van der Waals surface area contributed by atoms with Gasteiger partial charge in [0, 0.05) is 37.1 Å². The maximum absolute atomic E-state index is 12.6. The van der Waals surface area contributed by atoms with E-state index in [0.717, 1.165) is 24.3 Å². The molecule has 1 N–H and O–H groups in total. The first-order valence-corrected chi connectivity index (χ1v) is 11.5. The molecule has 0 aliphatic heterocycles. The lowest BCUT2D eigenvalue weighted by molar-refractivity contribution is -0.115. The van der Waals surface area contributed by atoms with Crippen molar-refractivity contribution in [1.82, 2.24) is 14.8 Å². The van der Waals surface area contributed by atoms with Gasteiger partial charge in [-0.05, 0) is 69.3 Å². The third kappa shape index (κ3) is 6.22. The second-order valence-corrected chi connectivity index (χ2v) is 8.54. The molecule has 1 heterocycles. The van der Waals surface area contributed by atoms with Gasteiger partial charge in [0.05, 0.1) is 5.25 Å². The average molecular weight is 476 g/mol. The number of nitrogens with one attached hydrogen (secondary N) is 1. The number of aromatic nitrogens is 3. The minimum absolute atomic E-state index is 0.0298. The molecule has 0 spiro atoms. The van der Waals surface area contributed by atoms with Gasteiger partial charge < -0.3 is 19.5 Å². The van der Waals surface area contributed by atoms with Gasteiger partial charge >= 0.3 is 6.61 Å². The van der Waals surface area contributed by atoms with Crippen molar-refractivity contribution in [3.63, 3.8) is 0 Å². The molecule has 1 unspecified atom stereocenters. The number of benzene rings is 2. The molecule has 0 fully saturated rings. The van der Waals surface area contributed by atoms with Crippen molar-refractivity contribution in [3.8, 4) is 17.1 Å². The molecule has 7 nitrogen and oxygen atoms in total. The van der Waals surface area contributed by atoms with Gasteiger partial charge in [-0.3, -0.25) is 4.79 Å². The molecular formula is C23H27F2N5O2S. The average Bonchev–Trinajstić information content (AvgIpc) is 3.16. The summed E-state index contributed by atoms with van der Waals surface area (Å²) in [6, 6.07) is 13.9. The number of halogens is 2. The Hall–Kier alpha value is -3.14. The van der Waals surface area contributed by atoms with E-state index in [-0.39, 0.29) is 11.7 Å². The van der Waals surface area contributed by atoms with Crippen LogP contribution in [0.1, 0.15) is 20.8 Å². The van der Waals surface area contributed by atoms with Gasteiger partial charge in [0.1, 0.15) is 5.75 Å². The van der Waals surface area contributed by atoms with Crippen LogP contribution in [0.15, 0.2) is 53.7 Å². The van der Waals surface area contributed by atoms with Crippen LogP contribution in [0.4, 0.5) is 20.2 Å². The molecule has 176 valence electrons. The van der Waals surface area contributed by atoms with E-state index < -0.39 is 11.9 Å². The maximum atomic E-state index is 12.6. The number of nitrogens with zero attached hydrogens (tertiary/aromatic N) is 4. The molecule has 10 heteroatoms. The monoisotopic (exact) mass is 475 g/mol. The lowest BCUT2D eigenvalue weighted by Gasteiger charge is -2.21. The number of amides is 1. The first kappa shape index (κ1) is 24.5. The van der Waals surface area contributed by atoms with Crippen molar-refractivity contribution in [2.75, 3.05) is 23.3 Å². The molecule has 0 aliphatic carbocycles. The van der Waals surface area contributed by atoms with Crippen LogP contribution < -0.4 is 15.0 Å². The quantitative estimate of drug-likeness (QED) is 0.414. The summed E-state index contributed by atoms with van der Waals surface area (Å²) in [6.45, 7) is 5.00. The number of alkyl halides is 2. The minimum Gasteiger partial charge on any atom is -0.435 e. The van der Waals surface area contributed by atoms with Crippen molar-refractivity contribution >= 4 is 29.0 Å². The van der Waals surface area contributed by atoms with Crippen molar-refractivity contribution in [2.24, 2.45) is 7.05 Å². The number of rotatable bonds is 10. The van der Waals surface area contributed by atoms with Crippen molar-refractivity contribution in [3.05, 3.63) is 48.5 Å². The molecule has 0 aliphatic rings. The topological polar surface area (TPSA) is 72.3 Å². The third-order valence-electron chi connectivity index (χ3n) is 5.09. The van der Waals surface area contributed by atoms with E-state index in [2.05, 4.69) is 51.1 Å². The Labute approximate surface area is 196 Å². The van der Waals surface area contributed by atoms with E-state index in [4.69, 9.17) is 0 Å². The van der Waals surface area contributed by atoms with Crippen LogP contribution in [0, 0.1) is 0 Å². The lowest BCUT2D eigenvalue weighted by atomic mass is 10.2. The van der Waals surface area contributed by atoms with E-state index in [1.807, 2.05) is 23.7 Å². The fraction of sp³-hybridized carbons (Fsp3) is 0.348. The second kappa shape index (κ2) is 11.1. The van der Waals surface area contributed by atoms with Crippen LogP contribution in [0.25, 0.3) is 11.4 Å². The van der Waals surface area contributed by atoms with E-state index in [1.165, 1.54) is 36.0 Å².